The number of hydrogen-bond acceptors (Lipinski definition) is 3. The van der Waals surface area contributed by atoms with E-state index in [0.29, 0.717) is 12.7 Å². The van der Waals surface area contributed by atoms with Gasteiger partial charge in [-0.2, -0.15) is 0 Å². The molecular formula is C19H31NO2. The summed E-state index contributed by atoms with van der Waals surface area (Å²) < 4.78 is 5.79. The molecule has 0 spiro atoms. The van der Waals surface area contributed by atoms with Crippen molar-refractivity contribution >= 4 is 0 Å². The molecule has 0 amide bonds. The van der Waals surface area contributed by atoms with Gasteiger partial charge in [0.1, 0.15) is 0 Å². The van der Waals surface area contributed by atoms with Gasteiger partial charge >= 0.3 is 0 Å². The minimum Gasteiger partial charge on any atom is -0.396 e. The van der Waals surface area contributed by atoms with Crippen molar-refractivity contribution in [3.05, 3.63) is 35.4 Å². The molecule has 3 heteroatoms. The smallest absolute Gasteiger partial charge is 0.0599 e. The molecule has 1 aromatic carbocycles. The Balaban J connectivity index is 1.76. The Morgan fingerprint density at radius 2 is 1.77 bits per heavy atom. The molecule has 0 aromatic heterocycles. The Labute approximate surface area is 135 Å². The second-order valence-electron chi connectivity index (χ2n) is 7.37. The molecule has 2 rings (SSSR count). The van der Waals surface area contributed by atoms with Gasteiger partial charge in [-0.15, -0.1) is 0 Å². The second kappa shape index (κ2) is 8.09. The first-order valence-electron chi connectivity index (χ1n) is 8.53. The zero-order valence-electron chi connectivity index (χ0n) is 14.3. The van der Waals surface area contributed by atoms with Gasteiger partial charge in [-0.1, -0.05) is 45.0 Å². The summed E-state index contributed by atoms with van der Waals surface area (Å²) in [5, 5.41) is 8.78. The Bertz CT molecular complexity index is 428. The summed E-state index contributed by atoms with van der Waals surface area (Å²) in [4.78, 5) is 2.51. The fraction of sp³-hybridized carbons (Fsp3) is 0.684. The maximum absolute atomic E-state index is 8.78. The highest BCUT2D eigenvalue weighted by atomic mass is 16.5. The predicted molar refractivity (Wildman–Crippen MR) is 91.1 cm³/mol. The predicted octanol–water partition coefficient (Wildman–Crippen LogP) is 3.35. The number of piperidine rings is 1. The van der Waals surface area contributed by atoms with Crippen LogP contribution >= 0.6 is 0 Å². The van der Waals surface area contributed by atoms with Crippen LogP contribution in [0.15, 0.2) is 24.3 Å². The zero-order valence-corrected chi connectivity index (χ0v) is 14.3. The average molecular weight is 305 g/mol. The molecule has 0 saturated carbocycles. The van der Waals surface area contributed by atoms with Gasteiger partial charge < -0.3 is 9.84 Å². The molecule has 1 heterocycles. The van der Waals surface area contributed by atoms with Crippen LogP contribution in [0.3, 0.4) is 0 Å². The van der Waals surface area contributed by atoms with E-state index in [4.69, 9.17) is 9.84 Å². The molecule has 3 nitrogen and oxygen atoms in total. The Hall–Kier alpha value is -0.900. The largest absolute Gasteiger partial charge is 0.396 e. The molecule has 0 unspecified atom stereocenters. The normalized spacial score (nSPS) is 17.8. The topological polar surface area (TPSA) is 32.7 Å². The SMILES string of the molecule is CC(C)(C)c1ccc(CN2CCC(OCCCO)CC2)cc1. The van der Waals surface area contributed by atoms with E-state index in [-0.39, 0.29) is 12.0 Å². The van der Waals surface area contributed by atoms with Gasteiger partial charge in [-0.05, 0) is 35.8 Å². The molecule has 1 aliphatic rings. The fourth-order valence-electron chi connectivity index (χ4n) is 2.92. The van der Waals surface area contributed by atoms with Crippen LogP contribution in [0.4, 0.5) is 0 Å². The van der Waals surface area contributed by atoms with Crippen molar-refractivity contribution in [2.45, 2.75) is 58.1 Å². The summed E-state index contributed by atoms with van der Waals surface area (Å²) in [5.41, 5.74) is 3.02. The van der Waals surface area contributed by atoms with Crippen molar-refractivity contribution in [3.8, 4) is 0 Å². The molecular weight excluding hydrogens is 274 g/mol. The Morgan fingerprint density at radius 3 is 2.32 bits per heavy atom. The van der Waals surface area contributed by atoms with Crippen molar-refractivity contribution in [3.63, 3.8) is 0 Å². The van der Waals surface area contributed by atoms with Crippen LogP contribution in [0.5, 0.6) is 0 Å². The maximum Gasteiger partial charge on any atom is 0.0599 e. The van der Waals surface area contributed by atoms with Crippen LogP contribution < -0.4 is 0 Å². The van der Waals surface area contributed by atoms with E-state index < -0.39 is 0 Å². The second-order valence-corrected chi connectivity index (χ2v) is 7.37. The van der Waals surface area contributed by atoms with Gasteiger partial charge in [0.2, 0.25) is 0 Å². The monoisotopic (exact) mass is 305 g/mol. The van der Waals surface area contributed by atoms with Crippen LogP contribution in [0, 0.1) is 0 Å². The third-order valence-corrected chi connectivity index (χ3v) is 4.42. The van der Waals surface area contributed by atoms with Crippen molar-refractivity contribution in [1.82, 2.24) is 4.90 Å². The third kappa shape index (κ3) is 5.38. The minimum absolute atomic E-state index is 0.225. The molecule has 124 valence electrons. The quantitative estimate of drug-likeness (QED) is 0.818. The number of hydrogen-bond donors (Lipinski definition) is 1. The maximum atomic E-state index is 8.78. The number of rotatable bonds is 6. The van der Waals surface area contributed by atoms with Crippen LogP contribution in [0.1, 0.15) is 51.2 Å². The highest BCUT2D eigenvalue weighted by Gasteiger charge is 2.20. The van der Waals surface area contributed by atoms with Gasteiger partial charge in [0.25, 0.3) is 0 Å². The van der Waals surface area contributed by atoms with Gasteiger partial charge in [0, 0.05) is 32.8 Å². The third-order valence-electron chi connectivity index (χ3n) is 4.42. The zero-order chi connectivity index (χ0) is 16.0. The van der Waals surface area contributed by atoms with Gasteiger partial charge in [-0.3, -0.25) is 4.90 Å². The molecule has 22 heavy (non-hydrogen) atoms. The van der Waals surface area contributed by atoms with E-state index in [2.05, 4.69) is 49.9 Å². The van der Waals surface area contributed by atoms with Crippen LogP contribution in [-0.4, -0.2) is 42.4 Å². The highest BCUT2D eigenvalue weighted by molar-refractivity contribution is 5.27. The number of benzene rings is 1. The van der Waals surface area contributed by atoms with Gasteiger partial charge in [-0.25, -0.2) is 0 Å². The van der Waals surface area contributed by atoms with E-state index in [1.54, 1.807) is 0 Å². The van der Waals surface area contributed by atoms with E-state index >= 15 is 0 Å². The van der Waals surface area contributed by atoms with E-state index in [0.717, 1.165) is 38.9 Å². The molecule has 1 fully saturated rings. The number of aliphatic hydroxyl groups is 1. The minimum atomic E-state index is 0.225. The lowest BCUT2D eigenvalue weighted by molar-refractivity contribution is 0.000784. The van der Waals surface area contributed by atoms with Crippen molar-refractivity contribution in [2.24, 2.45) is 0 Å². The number of ether oxygens (including phenoxy) is 1. The molecule has 0 bridgehead atoms. The molecule has 1 aliphatic heterocycles. The summed E-state index contributed by atoms with van der Waals surface area (Å²) >= 11 is 0. The molecule has 1 N–H and O–H groups in total. The summed E-state index contributed by atoms with van der Waals surface area (Å²) in [7, 11) is 0. The number of aliphatic hydroxyl groups excluding tert-OH is 1. The molecule has 1 saturated heterocycles. The van der Waals surface area contributed by atoms with Crippen molar-refractivity contribution in [2.75, 3.05) is 26.3 Å². The lowest BCUT2D eigenvalue weighted by atomic mass is 9.86. The molecule has 1 aromatic rings. The highest BCUT2D eigenvalue weighted by Crippen LogP contribution is 2.23. The summed E-state index contributed by atoms with van der Waals surface area (Å²) in [6, 6.07) is 9.06. The van der Waals surface area contributed by atoms with E-state index in [1.807, 2.05) is 0 Å². The van der Waals surface area contributed by atoms with Crippen LogP contribution in [-0.2, 0) is 16.7 Å². The van der Waals surface area contributed by atoms with Gasteiger partial charge in [0.05, 0.1) is 6.10 Å². The molecule has 0 radical (unpaired) electrons. The van der Waals surface area contributed by atoms with Crippen LogP contribution in [0.2, 0.25) is 0 Å². The Morgan fingerprint density at radius 1 is 1.14 bits per heavy atom. The van der Waals surface area contributed by atoms with E-state index in [9.17, 15) is 0 Å². The summed E-state index contributed by atoms with van der Waals surface area (Å²) in [5.74, 6) is 0. The Kier molecular flexibility index (Phi) is 6.42. The average Bonchev–Trinajstić information content (AvgIpc) is 2.49. The van der Waals surface area contributed by atoms with Gasteiger partial charge in [0.15, 0.2) is 0 Å². The van der Waals surface area contributed by atoms with Crippen molar-refractivity contribution < 1.29 is 9.84 Å². The lowest BCUT2D eigenvalue weighted by Crippen LogP contribution is -2.36. The lowest BCUT2D eigenvalue weighted by Gasteiger charge is -2.32. The molecule has 0 atom stereocenters. The van der Waals surface area contributed by atoms with Crippen molar-refractivity contribution in [1.29, 1.82) is 0 Å². The number of likely N-dealkylation sites (tertiary alicyclic amines) is 1. The summed E-state index contributed by atoms with van der Waals surface area (Å²) in [6.07, 6.45) is 3.34. The number of nitrogens with zero attached hydrogens (tertiary/aromatic N) is 1. The first-order chi connectivity index (χ1) is 10.5. The standard InChI is InChI=1S/C19H31NO2/c1-19(2,3)17-7-5-16(6-8-17)15-20-11-9-18(10-12-20)22-14-4-13-21/h5-8,18,21H,4,9-15H2,1-3H3. The van der Waals surface area contributed by atoms with Crippen LogP contribution in [0.25, 0.3) is 0 Å². The first-order valence-corrected chi connectivity index (χ1v) is 8.53. The first kappa shape index (κ1) is 17.5. The summed E-state index contributed by atoms with van der Waals surface area (Å²) in [6.45, 7) is 10.9. The fourth-order valence-corrected chi connectivity index (χ4v) is 2.92. The molecule has 0 aliphatic carbocycles. The van der Waals surface area contributed by atoms with E-state index in [1.165, 1.54) is 11.1 Å².